The first-order valence-electron chi connectivity index (χ1n) is 4.61. The van der Waals surface area contributed by atoms with Crippen LogP contribution in [0.5, 0.6) is 0 Å². The van der Waals surface area contributed by atoms with Gasteiger partial charge in [0.1, 0.15) is 18.2 Å². The topological polar surface area (TPSA) is 119 Å². The number of carbonyl (C=O) groups is 1. The molecule has 0 aromatic rings. The minimum Gasteiger partial charge on any atom is -0.393 e. The van der Waals surface area contributed by atoms with Crippen molar-refractivity contribution in [2.75, 3.05) is 6.61 Å². The number of amides is 1. The van der Waals surface area contributed by atoms with Crippen LogP contribution in [-0.4, -0.2) is 63.3 Å². The molecule has 0 radical (unpaired) electrons. The third-order valence-electron chi connectivity index (χ3n) is 2.35. The second-order valence-corrected chi connectivity index (χ2v) is 3.60. The molecule has 0 spiro atoms. The van der Waals surface area contributed by atoms with Gasteiger partial charge < -0.3 is 30.5 Å². The molecule has 16 heavy (non-hydrogen) atoms. The minimum absolute atomic E-state index is 0.634. The number of hydrogen-bond donors (Lipinski definition) is 5. The van der Waals surface area contributed by atoms with Crippen molar-refractivity contribution in [1.29, 1.82) is 0 Å². The van der Waals surface area contributed by atoms with E-state index in [1.54, 1.807) is 0 Å². The molecule has 1 heterocycles. The number of carbonyl (C=O) groups excluding carboxylic acids is 1. The van der Waals surface area contributed by atoms with Crippen LogP contribution in [0.15, 0.2) is 0 Å². The molecule has 5 N–H and O–H groups in total. The van der Waals surface area contributed by atoms with Crippen molar-refractivity contribution < 1.29 is 34.3 Å². The van der Waals surface area contributed by atoms with Crippen molar-refractivity contribution in [3.8, 4) is 0 Å². The number of halogens is 1. The van der Waals surface area contributed by atoms with Crippen LogP contribution < -0.4 is 5.32 Å². The van der Waals surface area contributed by atoms with E-state index in [0.717, 1.165) is 6.92 Å². The van der Waals surface area contributed by atoms with Gasteiger partial charge in [0, 0.05) is 6.92 Å². The summed E-state index contributed by atoms with van der Waals surface area (Å²) < 4.78 is 18.1. The predicted octanol–water partition coefficient (Wildman–Crippen LogP) is -2.78. The first-order valence-corrected chi connectivity index (χ1v) is 4.61. The van der Waals surface area contributed by atoms with Gasteiger partial charge in [-0.25, -0.2) is 4.39 Å². The molecule has 1 unspecified atom stereocenters. The number of aliphatic hydroxyl groups excluding tert-OH is 3. The van der Waals surface area contributed by atoms with Crippen LogP contribution in [0.2, 0.25) is 0 Å². The van der Waals surface area contributed by atoms with Gasteiger partial charge in [-0.2, -0.15) is 0 Å². The summed E-state index contributed by atoms with van der Waals surface area (Å²) in [5.74, 6) is -3.88. The van der Waals surface area contributed by atoms with E-state index in [4.69, 9.17) is 5.11 Å². The number of nitrogens with one attached hydrogen (secondary N) is 1. The molecule has 1 rings (SSSR count). The summed E-state index contributed by atoms with van der Waals surface area (Å²) in [5, 5.41) is 38.7. The lowest BCUT2D eigenvalue weighted by molar-refractivity contribution is -0.333. The molecule has 1 aliphatic heterocycles. The zero-order chi connectivity index (χ0) is 12.5. The van der Waals surface area contributed by atoms with E-state index in [2.05, 4.69) is 4.74 Å². The first-order chi connectivity index (χ1) is 7.30. The minimum atomic E-state index is -3.25. The summed E-state index contributed by atoms with van der Waals surface area (Å²) in [6, 6.07) is -1.50. The van der Waals surface area contributed by atoms with Crippen LogP contribution in [0, 0.1) is 0 Å². The highest BCUT2D eigenvalue weighted by Gasteiger charge is 2.55. The molecule has 94 valence electrons. The fourth-order valence-electron chi connectivity index (χ4n) is 1.50. The second kappa shape index (κ2) is 4.60. The van der Waals surface area contributed by atoms with Gasteiger partial charge in [0.2, 0.25) is 5.91 Å². The summed E-state index contributed by atoms with van der Waals surface area (Å²) in [6.45, 7) is 0.169. The van der Waals surface area contributed by atoms with Gasteiger partial charge in [0.15, 0.2) is 6.29 Å². The molecule has 0 saturated carbocycles. The normalized spacial score (nSPS) is 44.1. The van der Waals surface area contributed by atoms with E-state index < -0.39 is 42.9 Å². The van der Waals surface area contributed by atoms with Crippen molar-refractivity contribution in [2.24, 2.45) is 0 Å². The predicted molar refractivity (Wildman–Crippen MR) is 47.6 cm³/mol. The Morgan fingerprint density at radius 1 is 1.56 bits per heavy atom. The summed E-state index contributed by atoms with van der Waals surface area (Å²) in [4.78, 5) is 10.7. The molecule has 0 aromatic heterocycles. The zero-order valence-corrected chi connectivity index (χ0v) is 8.50. The lowest BCUT2D eigenvalue weighted by Crippen LogP contribution is -2.68. The van der Waals surface area contributed by atoms with Crippen molar-refractivity contribution in [3.63, 3.8) is 0 Å². The van der Waals surface area contributed by atoms with E-state index in [9.17, 15) is 24.5 Å². The zero-order valence-electron chi connectivity index (χ0n) is 8.50. The Morgan fingerprint density at radius 3 is 2.56 bits per heavy atom. The maximum Gasteiger partial charge on any atom is 0.263 e. The van der Waals surface area contributed by atoms with Gasteiger partial charge in [-0.05, 0) is 0 Å². The van der Waals surface area contributed by atoms with E-state index in [0.29, 0.717) is 0 Å². The Morgan fingerprint density at radius 2 is 2.12 bits per heavy atom. The van der Waals surface area contributed by atoms with E-state index in [-0.39, 0.29) is 0 Å². The lowest BCUT2D eigenvalue weighted by atomic mass is 9.94. The van der Waals surface area contributed by atoms with Crippen molar-refractivity contribution >= 4 is 5.91 Å². The Balaban J connectivity index is 2.86. The standard InChI is InChI=1S/C8H14FNO6/c1-3(12)10-5-6(13)8(9,15)4(2-11)16-7(5)14/h4-7,11,13-15H,2H2,1H3,(H,10,12)/t4-,5+,6-,7?,8-/m1/s1. The molecule has 7 nitrogen and oxygen atoms in total. The van der Waals surface area contributed by atoms with E-state index in [1.807, 2.05) is 5.32 Å². The molecule has 0 aliphatic carbocycles. The van der Waals surface area contributed by atoms with Crippen molar-refractivity contribution in [3.05, 3.63) is 0 Å². The highest BCUT2D eigenvalue weighted by molar-refractivity contribution is 5.73. The summed E-state index contributed by atoms with van der Waals surface area (Å²) in [6.07, 6.45) is -5.59. The average Bonchev–Trinajstić information content (AvgIpc) is 2.18. The van der Waals surface area contributed by atoms with Gasteiger partial charge in [-0.3, -0.25) is 4.79 Å². The molecule has 5 atom stereocenters. The third kappa shape index (κ3) is 2.30. The smallest absolute Gasteiger partial charge is 0.263 e. The van der Waals surface area contributed by atoms with Crippen LogP contribution in [-0.2, 0) is 9.53 Å². The average molecular weight is 239 g/mol. The lowest BCUT2D eigenvalue weighted by Gasteiger charge is -2.43. The molecule has 0 aromatic carbocycles. The quantitative estimate of drug-likeness (QED) is 0.355. The fourth-order valence-corrected chi connectivity index (χ4v) is 1.50. The number of rotatable bonds is 2. The highest BCUT2D eigenvalue weighted by atomic mass is 19.2. The molecule has 1 saturated heterocycles. The van der Waals surface area contributed by atoms with E-state index in [1.165, 1.54) is 0 Å². The Hall–Kier alpha value is -0.800. The van der Waals surface area contributed by atoms with E-state index >= 15 is 0 Å². The van der Waals surface area contributed by atoms with Gasteiger partial charge in [-0.1, -0.05) is 0 Å². The molecule has 1 amide bonds. The highest BCUT2D eigenvalue weighted by Crippen LogP contribution is 2.30. The second-order valence-electron chi connectivity index (χ2n) is 3.60. The maximum atomic E-state index is 13.6. The number of hydrogen-bond acceptors (Lipinski definition) is 6. The molecule has 0 bridgehead atoms. The van der Waals surface area contributed by atoms with Gasteiger partial charge in [0.05, 0.1) is 6.61 Å². The van der Waals surface area contributed by atoms with Gasteiger partial charge in [0.25, 0.3) is 5.85 Å². The van der Waals surface area contributed by atoms with Crippen molar-refractivity contribution in [1.82, 2.24) is 5.32 Å². The molecular weight excluding hydrogens is 225 g/mol. The number of alkyl halides is 1. The molecular formula is C8H14FNO6. The molecule has 1 aliphatic rings. The summed E-state index contributed by atoms with van der Waals surface area (Å²) >= 11 is 0. The van der Waals surface area contributed by atoms with Gasteiger partial charge >= 0.3 is 0 Å². The first kappa shape index (κ1) is 13.3. The Bertz CT molecular complexity index is 273. The number of aliphatic hydroxyl groups is 4. The third-order valence-corrected chi connectivity index (χ3v) is 2.35. The summed E-state index contributed by atoms with van der Waals surface area (Å²) in [5.41, 5.74) is 0. The molecule has 1 fully saturated rings. The van der Waals surface area contributed by atoms with Crippen LogP contribution in [0.1, 0.15) is 6.92 Å². The van der Waals surface area contributed by atoms with Gasteiger partial charge in [-0.15, -0.1) is 0 Å². The summed E-state index contributed by atoms with van der Waals surface area (Å²) in [7, 11) is 0. The largest absolute Gasteiger partial charge is 0.393 e. The Labute approximate surface area is 90.5 Å². The van der Waals surface area contributed by atoms with Crippen LogP contribution in [0.25, 0.3) is 0 Å². The van der Waals surface area contributed by atoms with Crippen LogP contribution >= 0.6 is 0 Å². The van der Waals surface area contributed by atoms with Crippen LogP contribution in [0.4, 0.5) is 4.39 Å². The van der Waals surface area contributed by atoms with Crippen molar-refractivity contribution in [2.45, 2.75) is 37.3 Å². The van der Waals surface area contributed by atoms with Crippen LogP contribution in [0.3, 0.4) is 0 Å². The fraction of sp³-hybridized carbons (Fsp3) is 0.875. The molecule has 8 heteroatoms. The number of ether oxygens (including phenoxy) is 1. The maximum absolute atomic E-state index is 13.6. The monoisotopic (exact) mass is 239 g/mol. The SMILES string of the molecule is CC(=O)N[C@@H]1C(O)O[C@H](CO)[C@](O)(F)[C@@H]1O. The Kier molecular flexibility index (Phi) is 3.81.